The number of ether oxygens (including phenoxy) is 2. The Morgan fingerprint density at radius 1 is 0.793 bits per heavy atom. The molecule has 0 atom stereocenters. The van der Waals surface area contributed by atoms with Crippen molar-refractivity contribution < 1.29 is 29.3 Å². The van der Waals surface area contributed by atoms with Gasteiger partial charge in [0, 0.05) is 39.9 Å². The van der Waals surface area contributed by atoms with E-state index >= 15 is 0 Å². The molecule has 0 saturated carbocycles. The summed E-state index contributed by atoms with van der Waals surface area (Å²) < 4.78 is 10.6. The van der Waals surface area contributed by atoms with E-state index in [1.54, 1.807) is 36.4 Å². The lowest BCUT2D eigenvalue weighted by molar-refractivity contribution is 0.0979. The summed E-state index contributed by atoms with van der Waals surface area (Å²) in [4.78, 5) is 26.4. The van der Waals surface area contributed by atoms with Crippen LogP contribution in [0.4, 0.5) is 0 Å². The number of carbonyl (C=O) groups is 2. The van der Waals surface area contributed by atoms with Crippen LogP contribution >= 0.6 is 0 Å². The zero-order valence-electron chi connectivity index (χ0n) is 15.9. The highest BCUT2D eigenvalue weighted by atomic mass is 16.5. The Hall–Kier alpha value is -3.64. The van der Waals surface area contributed by atoms with Gasteiger partial charge in [-0.2, -0.15) is 0 Å². The van der Waals surface area contributed by atoms with Crippen molar-refractivity contribution in [2.75, 3.05) is 14.2 Å². The van der Waals surface area contributed by atoms with E-state index in [0.29, 0.717) is 16.9 Å². The SMILES string of the molecule is COc1cc(O)c(-c2c(CO)ccc3c2C(=O)c2ccccc2C3=O)c(OC)c1. The van der Waals surface area contributed by atoms with Crippen molar-refractivity contribution in [1.82, 2.24) is 0 Å². The summed E-state index contributed by atoms with van der Waals surface area (Å²) in [7, 11) is 2.88. The average molecular weight is 390 g/mol. The number of ketones is 2. The Labute approximate surface area is 167 Å². The van der Waals surface area contributed by atoms with Crippen molar-refractivity contribution in [2.45, 2.75) is 6.61 Å². The van der Waals surface area contributed by atoms with Crippen LogP contribution in [0.3, 0.4) is 0 Å². The molecule has 0 spiro atoms. The molecule has 2 N–H and O–H groups in total. The van der Waals surface area contributed by atoms with Crippen molar-refractivity contribution in [3.05, 3.63) is 76.3 Å². The summed E-state index contributed by atoms with van der Waals surface area (Å²) in [6.45, 7) is -0.389. The molecule has 0 aromatic heterocycles. The zero-order valence-corrected chi connectivity index (χ0v) is 15.9. The van der Waals surface area contributed by atoms with Crippen molar-refractivity contribution in [3.63, 3.8) is 0 Å². The second kappa shape index (κ2) is 7.07. The number of aromatic hydroxyl groups is 1. The van der Waals surface area contributed by atoms with E-state index in [9.17, 15) is 19.8 Å². The van der Waals surface area contributed by atoms with E-state index < -0.39 is 0 Å². The predicted octanol–water partition coefficient (Wildman–Crippen LogP) is 3.34. The number of aliphatic hydroxyl groups excluding tert-OH is 1. The summed E-state index contributed by atoms with van der Waals surface area (Å²) >= 11 is 0. The summed E-state index contributed by atoms with van der Waals surface area (Å²) in [5, 5.41) is 20.7. The molecule has 4 rings (SSSR count). The lowest BCUT2D eigenvalue weighted by atomic mass is 9.78. The molecule has 6 heteroatoms. The predicted molar refractivity (Wildman–Crippen MR) is 106 cm³/mol. The zero-order chi connectivity index (χ0) is 20.7. The number of phenolic OH excluding ortho intramolecular Hbond substituents is 1. The van der Waals surface area contributed by atoms with E-state index in [-0.39, 0.29) is 57.5 Å². The van der Waals surface area contributed by atoms with Gasteiger partial charge in [0.2, 0.25) is 0 Å². The number of methoxy groups -OCH3 is 2. The van der Waals surface area contributed by atoms with Crippen LogP contribution in [0.5, 0.6) is 17.2 Å². The first-order chi connectivity index (χ1) is 14.0. The maximum Gasteiger partial charge on any atom is 0.195 e. The maximum atomic E-state index is 13.4. The fourth-order valence-corrected chi connectivity index (χ4v) is 3.75. The van der Waals surface area contributed by atoms with Crippen LogP contribution < -0.4 is 9.47 Å². The lowest BCUT2D eigenvalue weighted by Gasteiger charge is -2.23. The van der Waals surface area contributed by atoms with Crippen molar-refractivity contribution in [3.8, 4) is 28.4 Å². The van der Waals surface area contributed by atoms with Gasteiger partial charge in [-0.25, -0.2) is 0 Å². The quantitative estimate of drug-likeness (QED) is 0.555. The molecule has 0 heterocycles. The van der Waals surface area contributed by atoms with Crippen LogP contribution in [0.2, 0.25) is 0 Å². The molecule has 29 heavy (non-hydrogen) atoms. The molecular weight excluding hydrogens is 372 g/mol. The van der Waals surface area contributed by atoms with Crippen molar-refractivity contribution in [2.24, 2.45) is 0 Å². The molecular formula is C23H18O6. The van der Waals surface area contributed by atoms with Gasteiger partial charge in [-0.3, -0.25) is 9.59 Å². The van der Waals surface area contributed by atoms with E-state index in [4.69, 9.17) is 9.47 Å². The monoisotopic (exact) mass is 390 g/mol. The van der Waals surface area contributed by atoms with Crippen LogP contribution in [0.1, 0.15) is 37.4 Å². The van der Waals surface area contributed by atoms with Gasteiger partial charge < -0.3 is 19.7 Å². The third-order valence-electron chi connectivity index (χ3n) is 5.11. The lowest BCUT2D eigenvalue weighted by Crippen LogP contribution is -2.22. The summed E-state index contributed by atoms with van der Waals surface area (Å²) in [5.41, 5.74) is 1.86. The molecule has 3 aromatic rings. The normalized spacial score (nSPS) is 12.4. The minimum absolute atomic E-state index is 0.138. The third-order valence-corrected chi connectivity index (χ3v) is 5.11. The molecule has 0 radical (unpaired) electrons. The van der Waals surface area contributed by atoms with Gasteiger partial charge in [-0.15, -0.1) is 0 Å². The molecule has 1 aliphatic carbocycles. The van der Waals surface area contributed by atoms with Crippen LogP contribution in [-0.2, 0) is 6.61 Å². The fraction of sp³-hybridized carbons (Fsp3) is 0.130. The van der Waals surface area contributed by atoms with Gasteiger partial charge in [0.1, 0.15) is 17.2 Å². The first-order valence-electron chi connectivity index (χ1n) is 8.92. The number of aliphatic hydroxyl groups is 1. The van der Waals surface area contributed by atoms with E-state index in [1.807, 2.05) is 0 Å². The minimum Gasteiger partial charge on any atom is -0.507 e. The number of fused-ring (bicyclic) bond motifs is 2. The van der Waals surface area contributed by atoms with Gasteiger partial charge in [0.05, 0.1) is 26.4 Å². The first-order valence-corrected chi connectivity index (χ1v) is 8.92. The smallest absolute Gasteiger partial charge is 0.195 e. The number of carbonyl (C=O) groups excluding carboxylic acids is 2. The average Bonchev–Trinajstić information content (AvgIpc) is 2.76. The standard InChI is InChI=1S/C23H18O6/c1-28-13-9-17(25)21(18(10-13)29-2)19-12(11-24)7-8-16-20(19)23(27)15-6-4-3-5-14(15)22(16)26/h3-10,24-25H,11H2,1-2H3. The highest BCUT2D eigenvalue weighted by molar-refractivity contribution is 6.30. The Kier molecular flexibility index (Phi) is 4.56. The number of rotatable bonds is 4. The van der Waals surface area contributed by atoms with Crippen molar-refractivity contribution >= 4 is 11.6 Å². The molecule has 0 aliphatic heterocycles. The molecule has 0 unspecified atom stereocenters. The van der Waals surface area contributed by atoms with Crippen LogP contribution in [0.25, 0.3) is 11.1 Å². The van der Waals surface area contributed by atoms with Gasteiger partial charge in [-0.05, 0) is 11.6 Å². The Balaban J connectivity index is 2.09. The van der Waals surface area contributed by atoms with Gasteiger partial charge >= 0.3 is 0 Å². The van der Waals surface area contributed by atoms with Crippen molar-refractivity contribution in [1.29, 1.82) is 0 Å². The topological polar surface area (TPSA) is 93.1 Å². The molecule has 0 amide bonds. The Morgan fingerprint density at radius 3 is 2.10 bits per heavy atom. The molecule has 0 fully saturated rings. The molecule has 1 aliphatic rings. The molecule has 146 valence electrons. The molecule has 0 bridgehead atoms. The van der Waals surface area contributed by atoms with E-state index in [1.165, 1.54) is 26.4 Å². The molecule has 0 saturated heterocycles. The Bertz CT molecular complexity index is 1160. The van der Waals surface area contributed by atoms with Crippen LogP contribution in [0.15, 0.2) is 48.5 Å². The highest BCUT2D eigenvalue weighted by Crippen LogP contribution is 2.46. The number of benzene rings is 3. The molecule has 6 nitrogen and oxygen atoms in total. The second-order valence-corrected chi connectivity index (χ2v) is 6.61. The van der Waals surface area contributed by atoms with Crippen LogP contribution in [0, 0.1) is 0 Å². The molecule has 3 aromatic carbocycles. The Morgan fingerprint density at radius 2 is 1.48 bits per heavy atom. The first kappa shape index (κ1) is 18.7. The van der Waals surface area contributed by atoms with Gasteiger partial charge in [0.25, 0.3) is 0 Å². The van der Waals surface area contributed by atoms with Gasteiger partial charge in [0.15, 0.2) is 11.6 Å². The minimum atomic E-state index is -0.389. The number of hydrogen-bond donors (Lipinski definition) is 2. The van der Waals surface area contributed by atoms with E-state index in [2.05, 4.69) is 0 Å². The summed E-state index contributed by atoms with van der Waals surface area (Å²) in [5.74, 6) is -0.204. The fourth-order valence-electron chi connectivity index (χ4n) is 3.75. The maximum absolute atomic E-state index is 13.4. The van der Waals surface area contributed by atoms with Gasteiger partial charge in [-0.1, -0.05) is 30.3 Å². The summed E-state index contributed by atoms with van der Waals surface area (Å²) in [6, 6.07) is 12.7. The number of phenols is 1. The number of hydrogen-bond acceptors (Lipinski definition) is 6. The third kappa shape index (κ3) is 2.77. The van der Waals surface area contributed by atoms with E-state index in [0.717, 1.165) is 0 Å². The van der Waals surface area contributed by atoms with Crippen LogP contribution in [-0.4, -0.2) is 36.0 Å². The highest BCUT2D eigenvalue weighted by Gasteiger charge is 2.34. The second-order valence-electron chi connectivity index (χ2n) is 6.61. The summed E-state index contributed by atoms with van der Waals surface area (Å²) in [6.07, 6.45) is 0. The largest absolute Gasteiger partial charge is 0.507 e.